The molecule has 0 spiro atoms. The molecule has 1 heterocycles. The fourth-order valence-electron chi connectivity index (χ4n) is 2.83. The van der Waals surface area contributed by atoms with Crippen molar-refractivity contribution in [3.63, 3.8) is 0 Å². The first-order valence-corrected chi connectivity index (χ1v) is 8.98. The molecule has 2 aromatic rings. The number of amides is 1. The zero-order valence-corrected chi connectivity index (χ0v) is 14.4. The highest BCUT2D eigenvalue weighted by atomic mass is 32.2. The molecule has 1 saturated heterocycles. The van der Waals surface area contributed by atoms with Crippen molar-refractivity contribution in [2.24, 2.45) is 0 Å². The summed E-state index contributed by atoms with van der Waals surface area (Å²) < 4.78 is 18.5. The Hall–Kier alpha value is -2.01. The highest BCUT2D eigenvalue weighted by molar-refractivity contribution is 7.99. The highest BCUT2D eigenvalue weighted by Gasteiger charge is 2.25. The number of nitrogens with zero attached hydrogens (tertiary/aromatic N) is 1. The van der Waals surface area contributed by atoms with Gasteiger partial charge in [-0.25, -0.2) is 4.39 Å². The van der Waals surface area contributed by atoms with Crippen molar-refractivity contribution in [2.75, 3.05) is 26.0 Å². The van der Waals surface area contributed by atoms with Gasteiger partial charge in [-0.05, 0) is 35.4 Å². The Morgan fingerprint density at radius 3 is 2.79 bits per heavy atom. The average molecular weight is 345 g/mol. The van der Waals surface area contributed by atoms with Crippen LogP contribution in [-0.2, 0) is 11.2 Å². The molecular weight excluding hydrogens is 325 g/mol. The molecule has 0 bridgehead atoms. The molecular formula is C19H20FNO2S. The van der Waals surface area contributed by atoms with Crippen molar-refractivity contribution in [3.05, 3.63) is 65.5 Å². The summed E-state index contributed by atoms with van der Waals surface area (Å²) >= 11 is 1.86. The second-order valence-corrected chi connectivity index (χ2v) is 7.09. The van der Waals surface area contributed by atoms with Crippen molar-refractivity contribution >= 4 is 17.7 Å². The number of ether oxygens (including phenoxy) is 1. The van der Waals surface area contributed by atoms with E-state index in [0.29, 0.717) is 6.54 Å². The lowest BCUT2D eigenvalue weighted by Gasteiger charge is -2.33. The molecule has 0 aliphatic carbocycles. The van der Waals surface area contributed by atoms with E-state index in [9.17, 15) is 9.18 Å². The van der Waals surface area contributed by atoms with E-state index in [1.165, 1.54) is 17.7 Å². The first-order valence-electron chi connectivity index (χ1n) is 7.93. The predicted molar refractivity (Wildman–Crippen MR) is 94.9 cm³/mol. The highest BCUT2D eigenvalue weighted by Crippen LogP contribution is 2.34. The van der Waals surface area contributed by atoms with E-state index in [4.69, 9.17) is 4.74 Å². The molecule has 1 atom stereocenters. The minimum Gasteiger partial charge on any atom is -0.497 e. The fraction of sp³-hybridized carbons (Fsp3) is 0.316. The molecule has 2 aromatic carbocycles. The second kappa shape index (κ2) is 7.71. The summed E-state index contributed by atoms with van der Waals surface area (Å²) in [6.45, 7) is 1.43. The lowest BCUT2D eigenvalue weighted by Crippen LogP contribution is -2.40. The first kappa shape index (κ1) is 16.8. The molecule has 1 fully saturated rings. The van der Waals surface area contributed by atoms with Gasteiger partial charge in [-0.3, -0.25) is 4.79 Å². The lowest BCUT2D eigenvalue weighted by atomic mass is 10.1. The van der Waals surface area contributed by atoms with Crippen LogP contribution in [0.3, 0.4) is 0 Å². The smallest absolute Gasteiger partial charge is 0.227 e. The van der Waals surface area contributed by atoms with Gasteiger partial charge in [0.2, 0.25) is 5.91 Å². The van der Waals surface area contributed by atoms with E-state index >= 15 is 0 Å². The van der Waals surface area contributed by atoms with E-state index < -0.39 is 0 Å². The van der Waals surface area contributed by atoms with Gasteiger partial charge in [0.1, 0.15) is 11.6 Å². The first-order chi connectivity index (χ1) is 11.7. The Morgan fingerprint density at radius 1 is 1.29 bits per heavy atom. The van der Waals surface area contributed by atoms with E-state index in [2.05, 4.69) is 12.1 Å². The van der Waals surface area contributed by atoms with E-state index in [1.807, 2.05) is 28.8 Å². The van der Waals surface area contributed by atoms with Gasteiger partial charge in [0.25, 0.3) is 0 Å². The lowest BCUT2D eigenvalue weighted by molar-refractivity contribution is -0.130. The monoisotopic (exact) mass is 345 g/mol. The van der Waals surface area contributed by atoms with Crippen molar-refractivity contribution in [1.82, 2.24) is 4.90 Å². The normalized spacial score (nSPS) is 17.6. The third-order valence-corrected chi connectivity index (χ3v) is 5.39. The fourth-order valence-corrected chi connectivity index (χ4v) is 4.07. The summed E-state index contributed by atoms with van der Waals surface area (Å²) in [7, 11) is 1.65. The summed E-state index contributed by atoms with van der Waals surface area (Å²) in [5.41, 5.74) is 1.92. The van der Waals surface area contributed by atoms with Gasteiger partial charge in [-0.2, -0.15) is 11.8 Å². The van der Waals surface area contributed by atoms with Crippen LogP contribution in [0, 0.1) is 5.82 Å². The van der Waals surface area contributed by atoms with Crippen LogP contribution in [0.4, 0.5) is 4.39 Å². The number of halogens is 1. The van der Waals surface area contributed by atoms with Crippen molar-refractivity contribution < 1.29 is 13.9 Å². The zero-order chi connectivity index (χ0) is 16.9. The summed E-state index contributed by atoms with van der Waals surface area (Å²) in [4.78, 5) is 14.4. The minimum atomic E-state index is -0.300. The molecule has 5 heteroatoms. The van der Waals surface area contributed by atoms with Gasteiger partial charge in [0.15, 0.2) is 0 Å². The second-order valence-electron chi connectivity index (χ2n) is 5.78. The maximum absolute atomic E-state index is 13.3. The molecule has 126 valence electrons. The Labute approximate surface area is 145 Å². The number of carbonyl (C=O) groups is 1. The van der Waals surface area contributed by atoms with Crippen molar-refractivity contribution in [3.8, 4) is 5.75 Å². The number of hydrogen-bond donors (Lipinski definition) is 0. The molecule has 1 aliphatic rings. The molecule has 1 amide bonds. The third kappa shape index (κ3) is 4.09. The van der Waals surface area contributed by atoms with E-state index in [1.54, 1.807) is 19.2 Å². The topological polar surface area (TPSA) is 29.5 Å². The molecule has 0 radical (unpaired) electrons. The number of benzene rings is 2. The number of rotatable bonds is 4. The van der Waals surface area contributed by atoms with Gasteiger partial charge in [0.05, 0.1) is 13.5 Å². The maximum Gasteiger partial charge on any atom is 0.227 e. The molecule has 3 nitrogen and oxygen atoms in total. The van der Waals surface area contributed by atoms with Gasteiger partial charge in [0, 0.05) is 24.1 Å². The molecule has 1 unspecified atom stereocenters. The number of hydrogen-bond acceptors (Lipinski definition) is 3. The van der Waals surface area contributed by atoms with Crippen LogP contribution in [-0.4, -0.2) is 36.8 Å². The summed E-state index contributed by atoms with van der Waals surface area (Å²) in [5, 5.41) is 0.265. The van der Waals surface area contributed by atoms with E-state index in [0.717, 1.165) is 23.6 Å². The largest absolute Gasteiger partial charge is 0.497 e. The Bertz CT molecular complexity index is 705. The third-order valence-electron chi connectivity index (χ3n) is 4.15. The van der Waals surface area contributed by atoms with Crippen LogP contribution in [0.1, 0.15) is 16.4 Å². The molecule has 1 aliphatic heterocycles. The van der Waals surface area contributed by atoms with E-state index in [-0.39, 0.29) is 23.4 Å². The molecule has 0 N–H and O–H groups in total. The van der Waals surface area contributed by atoms with Gasteiger partial charge in [-0.1, -0.05) is 24.3 Å². The van der Waals surface area contributed by atoms with Gasteiger partial charge in [-0.15, -0.1) is 0 Å². The quantitative estimate of drug-likeness (QED) is 0.846. The van der Waals surface area contributed by atoms with Crippen LogP contribution in [0.2, 0.25) is 0 Å². The Balaban J connectivity index is 1.64. The summed E-state index contributed by atoms with van der Waals surface area (Å²) in [6, 6.07) is 14.3. The Kier molecular flexibility index (Phi) is 5.41. The van der Waals surface area contributed by atoms with Crippen LogP contribution in [0.5, 0.6) is 5.75 Å². The van der Waals surface area contributed by atoms with Gasteiger partial charge >= 0.3 is 0 Å². The Morgan fingerprint density at radius 2 is 2.08 bits per heavy atom. The van der Waals surface area contributed by atoms with Crippen molar-refractivity contribution in [1.29, 1.82) is 0 Å². The van der Waals surface area contributed by atoms with Gasteiger partial charge < -0.3 is 9.64 Å². The molecule has 24 heavy (non-hydrogen) atoms. The zero-order valence-electron chi connectivity index (χ0n) is 13.6. The van der Waals surface area contributed by atoms with Crippen LogP contribution < -0.4 is 4.74 Å². The number of thioether (sulfide) groups is 1. The van der Waals surface area contributed by atoms with Crippen LogP contribution >= 0.6 is 11.8 Å². The SMILES string of the molecule is COc1ccc(C2CN(C(=O)Cc3cccc(F)c3)CCS2)cc1. The predicted octanol–water partition coefficient (Wildman–Crippen LogP) is 3.69. The number of methoxy groups -OCH3 is 1. The average Bonchev–Trinajstić information content (AvgIpc) is 2.62. The minimum absolute atomic E-state index is 0.0550. The number of carbonyl (C=O) groups excluding carboxylic acids is 1. The van der Waals surface area contributed by atoms with Crippen LogP contribution in [0.25, 0.3) is 0 Å². The standard InChI is InChI=1S/C19H20FNO2S/c1-23-17-7-5-15(6-8-17)18-13-21(9-10-24-18)19(22)12-14-3-2-4-16(20)11-14/h2-8,11,18H,9-10,12-13H2,1H3. The molecule has 3 rings (SSSR count). The molecule has 0 aromatic heterocycles. The van der Waals surface area contributed by atoms with Crippen molar-refractivity contribution in [2.45, 2.75) is 11.7 Å². The summed E-state index contributed by atoms with van der Waals surface area (Å²) in [5.74, 6) is 1.50. The maximum atomic E-state index is 13.3. The summed E-state index contributed by atoms with van der Waals surface area (Å²) in [6.07, 6.45) is 0.248. The van der Waals surface area contributed by atoms with Crippen LogP contribution in [0.15, 0.2) is 48.5 Å². The molecule has 0 saturated carbocycles.